The third-order valence-electron chi connectivity index (χ3n) is 5.82. The van der Waals surface area contributed by atoms with Crippen molar-refractivity contribution in [2.24, 2.45) is 5.92 Å². The highest BCUT2D eigenvalue weighted by Crippen LogP contribution is 2.24. The second-order valence-corrected chi connectivity index (χ2v) is 9.01. The zero-order valence-corrected chi connectivity index (χ0v) is 17.7. The molecule has 3 heterocycles. The number of aromatic nitrogens is 1. The quantitative estimate of drug-likeness (QED) is 0.680. The normalized spacial score (nSPS) is 20.2. The van der Waals surface area contributed by atoms with Crippen molar-refractivity contribution >= 4 is 33.4 Å². The number of carbonyl (C=O) groups excluding carboxylic acids is 2. The number of likely N-dealkylation sites (tertiary alicyclic amines) is 1. The number of ether oxygens (including phenoxy) is 1. The molecule has 2 aliphatic heterocycles. The van der Waals surface area contributed by atoms with E-state index in [0.717, 1.165) is 49.2 Å². The van der Waals surface area contributed by atoms with Crippen molar-refractivity contribution in [2.45, 2.75) is 38.5 Å². The fourth-order valence-electron chi connectivity index (χ4n) is 4.18. The molecule has 4 rings (SSSR count). The summed E-state index contributed by atoms with van der Waals surface area (Å²) in [5.74, 6) is 0.337. The minimum Gasteiger partial charge on any atom is -0.378 e. The summed E-state index contributed by atoms with van der Waals surface area (Å²) in [4.78, 5) is 33.9. The molecule has 29 heavy (non-hydrogen) atoms. The summed E-state index contributed by atoms with van der Waals surface area (Å²) in [5, 5.41) is 1.15. The summed E-state index contributed by atoms with van der Waals surface area (Å²) < 4.78 is 6.56. The zero-order chi connectivity index (χ0) is 20.1. The number of benzene rings is 1. The number of nitrogens with zero attached hydrogens (tertiary/aromatic N) is 3. The minimum absolute atomic E-state index is 0.0476. The average Bonchev–Trinajstić information content (AvgIpc) is 3.19. The van der Waals surface area contributed by atoms with E-state index in [-0.39, 0.29) is 17.7 Å². The highest BCUT2D eigenvalue weighted by molar-refractivity contribution is 7.18. The average molecular weight is 416 g/mol. The molecule has 2 fully saturated rings. The lowest BCUT2D eigenvalue weighted by Crippen LogP contribution is -2.49. The van der Waals surface area contributed by atoms with Crippen LogP contribution in [0.4, 0.5) is 0 Å². The first-order valence-corrected chi connectivity index (χ1v) is 11.5. The number of rotatable bonds is 6. The number of para-hydroxylation sites is 1. The van der Waals surface area contributed by atoms with Gasteiger partial charge in [-0.3, -0.25) is 9.59 Å². The number of carbonyl (C=O) groups is 2. The number of hydrogen-bond acceptors (Lipinski definition) is 5. The molecule has 2 aliphatic rings. The van der Waals surface area contributed by atoms with Crippen LogP contribution in [0.1, 0.15) is 37.1 Å². The molecule has 0 N–H and O–H groups in total. The second-order valence-electron chi connectivity index (χ2n) is 7.90. The molecular formula is C22H29N3O3S. The Morgan fingerprint density at radius 1 is 1.10 bits per heavy atom. The SMILES string of the molecule is O=C(CCCCc1nc2ccccc2s1)N1CCC[C@H](C(=O)N2CCOCC2)C1. The maximum absolute atomic E-state index is 12.7. The lowest BCUT2D eigenvalue weighted by molar-refractivity contribution is -0.144. The number of hydrogen-bond donors (Lipinski definition) is 0. The molecule has 0 aliphatic carbocycles. The van der Waals surface area contributed by atoms with Gasteiger partial charge in [-0.25, -0.2) is 4.98 Å². The fraction of sp³-hybridized carbons (Fsp3) is 0.591. The molecule has 156 valence electrons. The van der Waals surface area contributed by atoms with Gasteiger partial charge >= 0.3 is 0 Å². The third kappa shape index (κ3) is 5.14. The van der Waals surface area contributed by atoms with Crippen molar-refractivity contribution in [1.29, 1.82) is 0 Å². The molecule has 1 aromatic carbocycles. The maximum Gasteiger partial charge on any atom is 0.227 e. The van der Waals surface area contributed by atoms with Gasteiger partial charge < -0.3 is 14.5 Å². The molecule has 0 saturated carbocycles. The van der Waals surface area contributed by atoms with E-state index in [0.29, 0.717) is 39.3 Å². The van der Waals surface area contributed by atoms with Crippen molar-refractivity contribution in [2.75, 3.05) is 39.4 Å². The van der Waals surface area contributed by atoms with Gasteiger partial charge in [0, 0.05) is 32.6 Å². The molecule has 1 aromatic heterocycles. The van der Waals surface area contributed by atoms with Gasteiger partial charge in [-0.05, 0) is 44.2 Å². The molecule has 1 atom stereocenters. The Morgan fingerprint density at radius 2 is 1.93 bits per heavy atom. The summed E-state index contributed by atoms with van der Waals surface area (Å²) >= 11 is 1.74. The van der Waals surface area contributed by atoms with E-state index in [9.17, 15) is 9.59 Å². The highest BCUT2D eigenvalue weighted by Gasteiger charge is 2.31. The van der Waals surface area contributed by atoms with E-state index in [4.69, 9.17) is 4.74 Å². The zero-order valence-electron chi connectivity index (χ0n) is 16.8. The summed E-state index contributed by atoms with van der Waals surface area (Å²) in [5.41, 5.74) is 1.06. The van der Waals surface area contributed by atoms with Gasteiger partial charge in [-0.2, -0.15) is 0 Å². The van der Waals surface area contributed by atoms with Crippen LogP contribution < -0.4 is 0 Å². The smallest absolute Gasteiger partial charge is 0.227 e. The number of piperidine rings is 1. The van der Waals surface area contributed by atoms with Crippen LogP contribution >= 0.6 is 11.3 Å². The van der Waals surface area contributed by atoms with Crippen molar-refractivity contribution in [3.05, 3.63) is 29.3 Å². The molecule has 0 spiro atoms. The van der Waals surface area contributed by atoms with Crippen molar-refractivity contribution in [3.8, 4) is 0 Å². The van der Waals surface area contributed by atoms with Crippen molar-refractivity contribution in [3.63, 3.8) is 0 Å². The van der Waals surface area contributed by atoms with Crippen LogP contribution in [0.2, 0.25) is 0 Å². The molecule has 7 heteroatoms. The first-order valence-electron chi connectivity index (χ1n) is 10.7. The van der Waals surface area contributed by atoms with Crippen LogP contribution in [0.3, 0.4) is 0 Å². The van der Waals surface area contributed by atoms with Gasteiger partial charge in [0.15, 0.2) is 0 Å². The fourth-order valence-corrected chi connectivity index (χ4v) is 5.19. The molecule has 0 unspecified atom stereocenters. The lowest BCUT2D eigenvalue weighted by atomic mass is 9.96. The maximum atomic E-state index is 12.7. The summed E-state index contributed by atoms with van der Waals surface area (Å²) in [6.45, 7) is 3.95. The van der Waals surface area contributed by atoms with Gasteiger partial charge in [0.25, 0.3) is 0 Å². The number of unbranched alkanes of at least 4 members (excludes halogenated alkanes) is 1. The van der Waals surface area contributed by atoms with Gasteiger partial charge in [0.1, 0.15) is 0 Å². The number of amides is 2. The molecular weight excluding hydrogens is 386 g/mol. The molecule has 0 bridgehead atoms. The molecule has 2 aromatic rings. The third-order valence-corrected chi connectivity index (χ3v) is 6.91. The lowest BCUT2D eigenvalue weighted by Gasteiger charge is -2.36. The Labute approximate surface area is 175 Å². The molecule has 2 saturated heterocycles. The van der Waals surface area contributed by atoms with Gasteiger partial charge in [-0.1, -0.05) is 12.1 Å². The van der Waals surface area contributed by atoms with E-state index >= 15 is 0 Å². The topological polar surface area (TPSA) is 62.7 Å². The van der Waals surface area contributed by atoms with Gasteiger partial charge in [0.05, 0.1) is 34.4 Å². The van der Waals surface area contributed by atoms with Crippen LogP contribution in [0.15, 0.2) is 24.3 Å². The number of thiazole rings is 1. The van der Waals surface area contributed by atoms with Crippen molar-refractivity contribution < 1.29 is 14.3 Å². The minimum atomic E-state index is -0.0476. The van der Waals surface area contributed by atoms with E-state index in [1.165, 1.54) is 4.70 Å². The van der Waals surface area contributed by atoms with E-state index in [2.05, 4.69) is 11.1 Å². The van der Waals surface area contributed by atoms with Crippen LogP contribution in [-0.2, 0) is 20.7 Å². The predicted octanol–water partition coefficient (Wildman–Crippen LogP) is 3.11. The van der Waals surface area contributed by atoms with E-state index in [1.807, 2.05) is 28.0 Å². The Hall–Kier alpha value is -1.99. The summed E-state index contributed by atoms with van der Waals surface area (Å²) in [6.07, 6.45) is 5.12. The molecule has 6 nitrogen and oxygen atoms in total. The Balaban J connectivity index is 1.21. The number of morpholine rings is 1. The molecule has 2 amide bonds. The van der Waals surface area contributed by atoms with Gasteiger partial charge in [0.2, 0.25) is 11.8 Å². The Morgan fingerprint density at radius 3 is 2.76 bits per heavy atom. The summed E-state index contributed by atoms with van der Waals surface area (Å²) in [7, 11) is 0. The van der Waals surface area contributed by atoms with Crippen LogP contribution in [0, 0.1) is 5.92 Å². The summed E-state index contributed by atoms with van der Waals surface area (Å²) in [6, 6.07) is 8.20. The van der Waals surface area contributed by atoms with Crippen LogP contribution in [-0.4, -0.2) is 66.0 Å². The number of aryl methyl sites for hydroxylation is 1. The van der Waals surface area contributed by atoms with Crippen molar-refractivity contribution in [1.82, 2.24) is 14.8 Å². The standard InChI is InChI=1S/C22H29N3O3S/c26-21(10-4-3-9-20-23-18-7-1-2-8-19(18)29-20)25-11-5-6-17(16-25)22(27)24-12-14-28-15-13-24/h1-2,7-8,17H,3-6,9-16H2/t17-/m0/s1. The largest absolute Gasteiger partial charge is 0.378 e. The van der Waals surface area contributed by atoms with Gasteiger partial charge in [-0.15, -0.1) is 11.3 Å². The second kappa shape index (κ2) is 9.67. The Bertz CT molecular complexity index is 814. The van der Waals surface area contributed by atoms with E-state index in [1.54, 1.807) is 11.3 Å². The highest BCUT2D eigenvalue weighted by atomic mass is 32.1. The monoisotopic (exact) mass is 415 g/mol. The van der Waals surface area contributed by atoms with E-state index < -0.39 is 0 Å². The molecule has 0 radical (unpaired) electrons. The Kier molecular flexibility index (Phi) is 6.77. The number of fused-ring (bicyclic) bond motifs is 1. The van der Waals surface area contributed by atoms with Crippen LogP contribution in [0.5, 0.6) is 0 Å². The van der Waals surface area contributed by atoms with Crippen LogP contribution in [0.25, 0.3) is 10.2 Å². The predicted molar refractivity (Wildman–Crippen MR) is 114 cm³/mol. The first-order chi connectivity index (χ1) is 14.2. The first kappa shape index (κ1) is 20.3.